The molecule has 10 aromatic rings. The van der Waals surface area contributed by atoms with E-state index in [1.165, 1.54) is 0 Å². The van der Waals surface area contributed by atoms with Crippen molar-refractivity contribution in [1.82, 2.24) is 0 Å². The summed E-state index contributed by atoms with van der Waals surface area (Å²) in [6.45, 7) is 0. The molecule has 0 unspecified atom stereocenters. The van der Waals surface area contributed by atoms with Crippen molar-refractivity contribution in [1.29, 1.82) is 0 Å². The molecule has 0 aliphatic heterocycles. The highest BCUT2D eigenvalue weighted by Crippen LogP contribution is 2.43. The lowest BCUT2D eigenvalue weighted by Crippen LogP contribution is -1.95. The van der Waals surface area contributed by atoms with E-state index in [-0.39, 0.29) is 38.2 Å². The Hall–Kier alpha value is -6.44. The van der Waals surface area contributed by atoms with Gasteiger partial charge in [-0.25, -0.2) is 0 Å². The van der Waals surface area contributed by atoms with Gasteiger partial charge in [0.25, 0.3) is 0 Å². The lowest BCUT2D eigenvalue weighted by molar-refractivity contribution is 0.671. The molecule has 9 aromatic carbocycles. The van der Waals surface area contributed by atoms with Crippen LogP contribution in [0, 0.1) is 0 Å². The van der Waals surface area contributed by atoms with E-state index < -0.39 is 85.0 Å². The molecule has 0 aliphatic rings. The van der Waals surface area contributed by atoms with Gasteiger partial charge in [-0.2, -0.15) is 0 Å². The van der Waals surface area contributed by atoms with Crippen molar-refractivity contribution in [2.45, 2.75) is 6.42 Å². The first-order valence-corrected chi connectivity index (χ1v) is 16.2. The molecular formula is C49H32O. The van der Waals surface area contributed by atoms with Gasteiger partial charge in [-0.1, -0.05) is 170 Å². The zero-order chi connectivity index (χ0) is 44.3. The standard InChI is InChI=1S/C49H32O/c1-3-13-32(14-4-1)29-46-40-17-7-9-19-42(40)47(43-20-10-8-18-41(43)46)37-28-26-34-30-36(27-25-35(34)31-37)39-22-12-24-45-44-23-11-21-38(48(44)50-49(39)45)33-15-5-2-6-16-33/h1-28,30-31H,29H2/i1D,3D,4D,7D,8D,9D,10D,13D,14D,17D,18D,19D,20D. The monoisotopic (exact) mass is 649 g/mol. The van der Waals surface area contributed by atoms with Crippen molar-refractivity contribution < 1.29 is 22.2 Å². The first-order chi connectivity index (χ1) is 30.2. The summed E-state index contributed by atoms with van der Waals surface area (Å²) in [7, 11) is 0. The van der Waals surface area contributed by atoms with Crippen LogP contribution in [0.1, 0.15) is 28.9 Å². The van der Waals surface area contributed by atoms with Crippen LogP contribution in [0.4, 0.5) is 0 Å². The molecule has 50 heavy (non-hydrogen) atoms. The molecule has 0 aliphatic carbocycles. The number of rotatable bonds is 5. The van der Waals surface area contributed by atoms with E-state index in [0.29, 0.717) is 5.56 Å². The second-order valence-electron chi connectivity index (χ2n) is 12.2. The Kier molecular flexibility index (Phi) is 4.26. The van der Waals surface area contributed by atoms with Crippen molar-refractivity contribution in [2.75, 3.05) is 0 Å². The van der Waals surface area contributed by atoms with Gasteiger partial charge in [0.2, 0.25) is 0 Å². The summed E-state index contributed by atoms with van der Waals surface area (Å²) in [5.41, 5.74) is 5.68. The third-order valence-corrected chi connectivity index (χ3v) is 9.43. The predicted molar refractivity (Wildman–Crippen MR) is 212 cm³/mol. The summed E-state index contributed by atoms with van der Waals surface area (Å²) in [6, 6.07) is 26.5. The third kappa shape index (κ3) is 4.63. The van der Waals surface area contributed by atoms with Crippen molar-refractivity contribution in [3.05, 3.63) is 193 Å². The van der Waals surface area contributed by atoms with Gasteiger partial charge in [0, 0.05) is 21.9 Å². The first kappa shape index (κ1) is 18.4. The molecule has 0 bridgehead atoms. The van der Waals surface area contributed by atoms with Crippen molar-refractivity contribution in [2.24, 2.45) is 0 Å². The normalized spacial score (nSPS) is 15.3. The summed E-state index contributed by atoms with van der Waals surface area (Å²) < 4.78 is 121. The highest BCUT2D eigenvalue weighted by atomic mass is 16.3. The maximum Gasteiger partial charge on any atom is 0.143 e. The minimum absolute atomic E-state index is 0.0117. The van der Waals surface area contributed by atoms with E-state index >= 15 is 0 Å². The third-order valence-electron chi connectivity index (χ3n) is 9.43. The highest BCUT2D eigenvalue weighted by Gasteiger charge is 2.18. The van der Waals surface area contributed by atoms with Gasteiger partial charge in [-0.05, 0) is 84.3 Å². The van der Waals surface area contributed by atoms with Gasteiger partial charge in [0.15, 0.2) is 0 Å². The number of para-hydroxylation sites is 2. The molecule has 0 amide bonds. The molecule has 1 nitrogen and oxygen atoms in total. The summed E-state index contributed by atoms with van der Waals surface area (Å²) >= 11 is 0. The van der Waals surface area contributed by atoms with Gasteiger partial charge in [-0.15, -0.1) is 0 Å². The van der Waals surface area contributed by atoms with Gasteiger partial charge in [0.05, 0.1) is 17.8 Å². The minimum Gasteiger partial charge on any atom is -0.455 e. The van der Waals surface area contributed by atoms with Crippen LogP contribution in [0.5, 0.6) is 0 Å². The average molecular weight is 650 g/mol. The molecule has 0 N–H and O–H groups in total. The van der Waals surface area contributed by atoms with E-state index in [2.05, 4.69) is 18.2 Å². The molecule has 1 heteroatoms. The molecule has 0 fully saturated rings. The van der Waals surface area contributed by atoms with Gasteiger partial charge >= 0.3 is 0 Å². The Balaban J connectivity index is 1.22. The van der Waals surface area contributed by atoms with Crippen molar-refractivity contribution >= 4 is 54.3 Å². The largest absolute Gasteiger partial charge is 0.455 e. The molecule has 1 heterocycles. The van der Waals surface area contributed by atoms with E-state index in [9.17, 15) is 5.48 Å². The minimum atomic E-state index is -0.616. The molecule has 0 saturated carbocycles. The lowest BCUT2D eigenvalue weighted by atomic mass is 9.86. The molecule has 0 atom stereocenters. The Labute approximate surface area is 308 Å². The fourth-order valence-corrected chi connectivity index (χ4v) is 7.17. The fourth-order valence-electron chi connectivity index (χ4n) is 7.17. The fraction of sp³-hybridized carbons (Fsp3) is 0.0204. The second kappa shape index (κ2) is 11.6. The van der Waals surface area contributed by atoms with Crippen molar-refractivity contribution in [3.63, 3.8) is 0 Å². The van der Waals surface area contributed by atoms with Crippen LogP contribution in [-0.4, -0.2) is 0 Å². The van der Waals surface area contributed by atoms with E-state index in [0.717, 1.165) is 55.0 Å². The average Bonchev–Trinajstić information content (AvgIpc) is 3.70. The van der Waals surface area contributed by atoms with Gasteiger partial charge < -0.3 is 4.42 Å². The number of hydrogen-bond donors (Lipinski definition) is 0. The van der Waals surface area contributed by atoms with Gasteiger partial charge in [-0.3, -0.25) is 0 Å². The number of hydrogen-bond acceptors (Lipinski definition) is 1. The van der Waals surface area contributed by atoms with Crippen LogP contribution < -0.4 is 0 Å². The molecule has 0 radical (unpaired) electrons. The van der Waals surface area contributed by atoms with Crippen LogP contribution in [-0.2, 0) is 6.42 Å². The topological polar surface area (TPSA) is 13.1 Å². The molecular weight excluding hydrogens is 605 g/mol. The Bertz CT molecular complexity index is 3520. The Morgan fingerprint density at radius 1 is 0.420 bits per heavy atom. The molecule has 0 spiro atoms. The quantitative estimate of drug-likeness (QED) is 0.169. The maximum atomic E-state index is 9.27. The summed E-state index contributed by atoms with van der Waals surface area (Å²) in [5.74, 6) is 0. The van der Waals surface area contributed by atoms with Gasteiger partial charge in [0.1, 0.15) is 11.2 Å². The van der Waals surface area contributed by atoms with Crippen LogP contribution in [0.15, 0.2) is 186 Å². The number of benzene rings is 9. The summed E-state index contributed by atoms with van der Waals surface area (Å²) in [5, 5.41) is 3.32. The summed E-state index contributed by atoms with van der Waals surface area (Å²) in [6.07, 6.45) is -0.487. The van der Waals surface area contributed by atoms with Crippen LogP contribution in [0.25, 0.3) is 87.6 Å². The van der Waals surface area contributed by atoms with Crippen LogP contribution in [0.3, 0.4) is 0 Å². The highest BCUT2D eigenvalue weighted by molar-refractivity contribution is 6.16. The number of furan rings is 1. The number of fused-ring (bicyclic) bond motifs is 6. The van der Waals surface area contributed by atoms with E-state index in [1.54, 1.807) is 6.07 Å². The second-order valence-corrected chi connectivity index (χ2v) is 12.2. The molecule has 1 aromatic heterocycles. The van der Waals surface area contributed by atoms with Crippen LogP contribution >= 0.6 is 0 Å². The first-order valence-electron chi connectivity index (χ1n) is 22.7. The lowest BCUT2D eigenvalue weighted by Gasteiger charge is -2.18. The molecule has 10 rings (SSSR count). The Morgan fingerprint density at radius 3 is 1.60 bits per heavy atom. The van der Waals surface area contributed by atoms with Crippen molar-refractivity contribution in [3.8, 4) is 33.4 Å². The van der Waals surface area contributed by atoms with E-state index in [1.807, 2.05) is 78.9 Å². The predicted octanol–water partition coefficient (Wildman–Crippen LogP) is 13.6. The zero-order valence-corrected chi connectivity index (χ0v) is 26.4. The molecule has 0 saturated heterocycles. The zero-order valence-electron chi connectivity index (χ0n) is 39.4. The Morgan fingerprint density at radius 2 is 0.960 bits per heavy atom. The summed E-state index contributed by atoms with van der Waals surface area (Å²) in [4.78, 5) is 0. The molecule has 234 valence electrons. The SMILES string of the molecule is [2H]c1c([2H])c([2H])c(Cc2c3c([2H])c([2H])c([2H])c([2H])c3c(-c3ccc4cc(-c5cccc6c5oc5c(-c7ccccc7)cccc56)ccc4c3)c3c([2H])c([2H])c([2H])c([2H])c23)c([2H])c1[2H]. The van der Waals surface area contributed by atoms with E-state index in [4.69, 9.17) is 16.8 Å². The maximum absolute atomic E-state index is 9.27. The smallest absolute Gasteiger partial charge is 0.143 e. The van der Waals surface area contributed by atoms with Crippen LogP contribution in [0.2, 0.25) is 0 Å².